The standard InChI is InChI=1S/C12H14FN3O2/c1-3-10(17-2)11-15-12(18-16-11)8-6-7(13)4-5-9(8)14/h4-6,10H,3,14H2,1-2H3. The summed E-state index contributed by atoms with van der Waals surface area (Å²) in [7, 11) is 1.57. The zero-order chi connectivity index (χ0) is 13.1. The molecule has 2 rings (SSSR count). The third-order valence-electron chi connectivity index (χ3n) is 2.63. The lowest BCUT2D eigenvalue weighted by Gasteiger charge is -2.06. The Labute approximate surface area is 104 Å². The minimum absolute atomic E-state index is 0.192. The van der Waals surface area contributed by atoms with Gasteiger partial charge in [-0.1, -0.05) is 12.1 Å². The number of nitrogens with two attached hydrogens (primary N) is 1. The molecule has 0 aliphatic rings. The molecule has 96 valence electrons. The van der Waals surface area contributed by atoms with Crippen LogP contribution in [0.5, 0.6) is 0 Å². The Morgan fingerprint density at radius 1 is 1.50 bits per heavy atom. The lowest BCUT2D eigenvalue weighted by molar-refractivity contribution is 0.0903. The van der Waals surface area contributed by atoms with Gasteiger partial charge in [0.2, 0.25) is 5.82 Å². The molecule has 1 unspecified atom stereocenters. The number of nitrogens with zero attached hydrogens (tertiary/aromatic N) is 2. The first-order chi connectivity index (χ1) is 8.65. The van der Waals surface area contributed by atoms with E-state index in [0.29, 0.717) is 23.5 Å². The van der Waals surface area contributed by atoms with Crippen LogP contribution in [0.3, 0.4) is 0 Å². The molecule has 1 aromatic carbocycles. The average Bonchev–Trinajstić information content (AvgIpc) is 2.83. The average molecular weight is 251 g/mol. The van der Waals surface area contributed by atoms with Crippen molar-refractivity contribution in [3.05, 3.63) is 29.8 Å². The maximum atomic E-state index is 13.2. The number of methoxy groups -OCH3 is 1. The summed E-state index contributed by atoms with van der Waals surface area (Å²) in [4.78, 5) is 4.18. The molecule has 0 bridgehead atoms. The van der Waals surface area contributed by atoms with Crippen LogP contribution in [0, 0.1) is 5.82 Å². The summed E-state index contributed by atoms with van der Waals surface area (Å²) in [5.74, 6) is 0.217. The first-order valence-corrected chi connectivity index (χ1v) is 5.57. The SMILES string of the molecule is CCC(OC)c1noc(-c2cc(F)ccc2N)n1. The summed E-state index contributed by atoms with van der Waals surface area (Å²) in [6.45, 7) is 1.95. The highest BCUT2D eigenvalue weighted by molar-refractivity contribution is 5.70. The Hall–Kier alpha value is -1.95. The van der Waals surface area contributed by atoms with Crippen LogP contribution < -0.4 is 5.73 Å². The Bertz CT molecular complexity index is 538. The summed E-state index contributed by atoms with van der Waals surface area (Å²) in [5.41, 5.74) is 6.52. The Morgan fingerprint density at radius 3 is 2.94 bits per heavy atom. The van der Waals surface area contributed by atoms with Gasteiger partial charge < -0.3 is 15.0 Å². The van der Waals surface area contributed by atoms with Crippen molar-refractivity contribution < 1.29 is 13.7 Å². The van der Waals surface area contributed by atoms with E-state index in [9.17, 15) is 4.39 Å². The van der Waals surface area contributed by atoms with Crippen molar-refractivity contribution in [2.75, 3.05) is 12.8 Å². The smallest absolute Gasteiger partial charge is 0.260 e. The van der Waals surface area contributed by atoms with Crippen LogP contribution in [0.15, 0.2) is 22.7 Å². The molecule has 6 heteroatoms. The number of rotatable bonds is 4. The number of nitrogen functional groups attached to an aromatic ring is 1. The molecule has 0 saturated heterocycles. The lowest BCUT2D eigenvalue weighted by atomic mass is 10.2. The van der Waals surface area contributed by atoms with Crippen LogP contribution in [-0.4, -0.2) is 17.3 Å². The summed E-state index contributed by atoms with van der Waals surface area (Å²) < 4.78 is 23.4. The van der Waals surface area contributed by atoms with Crippen LogP contribution in [0.1, 0.15) is 25.3 Å². The van der Waals surface area contributed by atoms with Gasteiger partial charge in [0.15, 0.2) is 0 Å². The first-order valence-electron chi connectivity index (χ1n) is 5.57. The maximum Gasteiger partial charge on any atom is 0.260 e. The van der Waals surface area contributed by atoms with Gasteiger partial charge in [-0.3, -0.25) is 0 Å². The minimum atomic E-state index is -0.405. The van der Waals surface area contributed by atoms with E-state index in [1.807, 2.05) is 6.92 Å². The normalized spacial score (nSPS) is 12.6. The van der Waals surface area contributed by atoms with Crippen molar-refractivity contribution in [1.82, 2.24) is 10.1 Å². The molecule has 18 heavy (non-hydrogen) atoms. The summed E-state index contributed by atoms with van der Waals surface area (Å²) >= 11 is 0. The van der Waals surface area contributed by atoms with Gasteiger partial charge in [-0.2, -0.15) is 4.98 Å². The van der Waals surface area contributed by atoms with Crippen molar-refractivity contribution in [3.8, 4) is 11.5 Å². The van der Waals surface area contributed by atoms with Crippen LogP contribution in [0.2, 0.25) is 0 Å². The maximum absolute atomic E-state index is 13.2. The number of ether oxygens (including phenoxy) is 1. The molecule has 0 saturated carbocycles. The van der Waals surface area contributed by atoms with Crippen molar-refractivity contribution in [2.24, 2.45) is 0 Å². The fraction of sp³-hybridized carbons (Fsp3) is 0.333. The molecule has 1 aromatic heterocycles. The summed E-state index contributed by atoms with van der Waals surface area (Å²) in [5, 5.41) is 3.82. The second-order valence-corrected chi connectivity index (χ2v) is 3.82. The number of hydrogen-bond acceptors (Lipinski definition) is 5. The topological polar surface area (TPSA) is 74.2 Å². The number of halogens is 1. The van der Waals surface area contributed by atoms with E-state index < -0.39 is 5.82 Å². The van der Waals surface area contributed by atoms with Gasteiger partial charge in [-0.15, -0.1) is 0 Å². The molecule has 0 amide bonds. The van der Waals surface area contributed by atoms with Crippen LogP contribution in [0.25, 0.3) is 11.5 Å². The molecule has 0 radical (unpaired) electrons. The molecule has 1 heterocycles. The molecule has 2 aromatic rings. The molecular formula is C12H14FN3O2. The molecule has 0 aliphatic carbocycles. The zero-order valence-electron chi connectivity index (χ0n) is 10.2. The molecule has 0 aliphatic heterocycles. The van der Waals surface area contributed by atoms with Crippen molar-refractivity contribution in [1.29, 1.82) is 0 Å². The third kappa shape index (κ3) is 2.33. The van der Waals surface area contributed by atoms with Gasteiger partial charge in [-0.05, 0) is 24.6 Å². The molecule has 1 atom stereocenters. The van der Waals surface area contributed by atoms with E-state index in [4.69, 9.17) is 15.0 Å². The van der Waals surface area contributed by atoms with Crippen LogP contribution >= 0.6 is 0 Å². The summed E-state index contributed by atoms with van der Waals surface area (Å²) in [6.07, 6.45) is 0.478. The van der Waals surface area contributed by atoms with Gasteiger partial charge in [-0.25, -0.2) is 4.39 Å². The largest absolute Gasteiger partial charge is 0.398 e. The predicted molar refractivity (Wildman–Crippen MR) is 64.1 cm³/mol. The minimum Gasteiger partial charge on any atom is -0.398 e. The molecule has 2 N–H and O–H groups in total. The Morgan fingerprint density at radius 2 is 2.28 bits per heavy atom. The highest BCUT2D eigenvalue weighted by atomic mass is 19.1. The van der Waals surface area contributed by atoms with E-state index in [2.05, 4.69) is 10.1 Å². The number of anilines is 1. The molecular weight excluding hydrogens is 237 g/mol. The quantitative estimate of drug-likeness (QED) is 0.845. The van der Waals surface area contributed by atoms with Crippen molar-refractivity contribution >= 4 is 5.69 Å². The second-order valence-electron chi connectivity index (χ2n) is 3.82. The molecule has 5 nitrogen and oxygen atoms in total. The van der Waals surface area contributed by atoms with Gasteiger partial charge in [0.25, 0.3) is 5.89 Å². The van der Waals surface area contributed by atoms with Crippen molar-refractivity contribution in [2.45, 2.75) is 19.4 Å². The molecule has 0 fully saturated rings. The summed E-state index contributed by atoms with van der Waals surface area (Å²) in [6, 6.07) is 4.00. The van der Waals surface area contributed by atoms with Crippen LogP contribution in [0.4, 0.5) is 10.1 Å². The second kappa shape index (κ2) is 5.14. The van der Waals surface area contributed by atoms with E-state index in [1.165, 1.54) is 18.2 Å². The Kier molecular flexibility index (Phi) is 3.57. The van der Waals surface area contributed by atoms with Gasteiger partial charge >= 0.3 is 0 Å². The van der Waals surface area contributed by atoms with Gasteiger partial charge in [0.05, 0.1) is 5.56 Å². The Balaban J connectivity index is 2.37. The van der Waals surface area contributed by atoms with E-state index in [0.717, 1.165) is 0 Å². The van der Waals surface area contributed by atoms with Crippen LogP contribution in [-0.2, 0) is 4.74 Å². The highest BCUT2D eigenvalue weighted by Gasteiger charge is 2.18. The third-order valence-corrected chi connectivity index (χ3v) is 2.63. The zero-order valence-corrected chi connectivity index (χ0v) is 10.2. The van der Waals surface area contributed by atoms with Crippen molar-refractivity contribution in [3.63, 3.8) is 0 Å². The number of benzene rings is 1. The van der Waals surface area contributed by atoms with E-state index in [-0.39, 0.29) is 12.0 Å². The van der Waals surface area contributed by atoms with E-state index in [1.54, 1.807) is 7.11 Å². The molecule has 0 spiro atoms. The van der Waals surface area contributed by atoms with Gasteiger partial charge in [0.1, 0.15) is 11.9 Å². The fourth-order valence-electron chi connectivity index (χ4n) is 1.64. The van der Waals surface area contributed by atoms with E-state index >= 15 is 0 Å². The fourth-order valence-corrected chi connectivity index (χ4v) is 1.64. The highest BCUT2D eigenvalue weighted by Crippen LogP contribution is 2.27. The van der Waals surface area contributed by atoms with Gasteiger partial charge in [0, 0.05) is 12.8 Å². The predicted octanol–water partition coefficient (Wildman–Crippen LogP) is 2.56. The monoisotopic (exact) mass is 251 g/mol. The number of hydrogen-bond donors (Lipinski definition) is 1. The number of aromatic nitrogens is 2. The lowest BCUT2D eigenvalue weighted by Crippen LogP contribution is -2.01. The first kappa shape index (κ1) is 12.5.